The second kappa shape index (κ2) is 6.65. The topological polar surface area (TPSA) is 69.0 Å². The second-order valence-electron chi connectivity index (χ2n) is 9.16. The Morgan fingerprint density at radius 1 is 1.21 bits per heavy atom. The molecule has 4 rings (SSSR count). The molecular formula is C21H29N3O4. The molecule has 28 heavy (non-hydrogen) atoms. The van der Waals surface area contributed by atoms with Crippen LogP contribution in [0.2, 0.25) is 0 Å². The number of para-hydroxylation sites is 2. The standard InChI is InChI=1S/C21H29N3O4/c1-20(2,3)28-19(26)22-11-9-15(10-12-22)24-17-8-6-5-7-16(17)23(18(24)25)13-21(4)14-27-21/h5-8,15H,9-14H2,1-4H3. The van der Waals surface area contributed by atoms with Gasteiger partial charge in [0.05, 0.1) is 24.2 Å². The Kier molecular flexibility index (Phi) is 4.53. The third kappa shape index (κ3) is 3.68. The molecule has 2 aliphatic heterocycles. The number of hydrogen-bond acceptors (Lipinski definition) is 4. The average molecular weight is 387 g/mol. The molecule has 2 fully saturated rings. The molecule has 1 unspecified atom stereocenters. The van der Waals surface area contributed by atoms with E-state index in [-0.39, 0.29) is 23.4 Å². The Morgan fingerprint density at radius 2 is 1.82 bits per heavy atom. The van der Waals surface area contributed by atoms with Gasteiger partial charge in [0, 0.05) is 19.1 Å². The summed E-state index contributed by atoms with van der Waals surface area (Å²) in [5.41, 5.74) is 1.16. The highest BCUT2D eigenvalue weighted by Gasteiger charge is 2.41. The molecule has 1 amide bonds. The monoisotopic (exact) mass is 387 g/mol. The molecular weight excluding hydrogens is 358 g/mol. The average Bonchev–Trinajstić information content (AvgIpc) is 3.30. The fourth-order valence-electron chi connectivity index (χ4n) is 3.92. The van der Waals surface area contributed by atoms with Crippen LogP contribution in [0.15, 0.2) is 29.1 Å². The van der Waals surface area contributed by atoms with E-state index >= 15 is 0 Å². The van der Waals surface area contributed by atoms with Crippen molar-refractivity contribution in [2.24, 2.45) is 0 Å². The number of fused-ring (bicyclic) bond motifs is 1. The van der Waals surface area contributed by atoms with Crippen LogP contribution in [0.5, 0.6) is 0 Å². The fourth-order valence-corrected chi connectivity index (χ4v) is 3.92. The molecule has 0 radical (unpaired) electrons. The minimum Gasteiger partial charge on any atom is -0.444 e. The molecule has 1 aromatic heterocycles. The van der Waals surface area contributed by atoms with E-state index in [1.807, 2.05) is 61.1 Å². The van der Waals surface area contributed by atoms with Crippen LogP contribution in [0, 0.1) is 0 Å². The maximum Gasteiger partial charge on any atom is 0.410 e. The van der Waals surface area contributed by atoms with E-state index in [0.29, 0.717) is 26.2 Å². The van der Waals surface area contributed by atoms with E-state index in [1.54, 1.807) is 4.90 Å². The quantitative estimate of drug-likeness (QED) is 0.759. The SMILES string of the molecule is CC(C)(C)OC(=O)N1CCC(n2c(=O)n(CC3(C)CO3)c3ccccc32)CC1. The molecule has 2 aromatic rings. The van der Waals surface area contributed by atoms with Gasteiger partial charge in [-0.05, 0) is 52.7 Å². The van der Waals surface area contributed by atoms with E-state index in [1.165, 1.54) is 0 Å². The highest BCUT2D eigenvalue weighted by atomic mass is 16.6. The highest BCUT2D eigenvalue weighted by Crippen LogP contribution is 2.31. The second-order valence-corrected chi connectivity index (χ2v) is 9.16. The molecule has 0 spiro atoms. The first-order chi connectivity index (χ1) is 13.2. The van der Waals surface area contributed by atoms with Crippen molar-refractivity contribution < 1.29 is 14.3 Å². The first kappa shape index (κ1) is 19.1. The van der Waals surface area contributed by atoms with Gasteiger partial charge in [0.2, 0.25) is 0 Å². The summed E-state index contributed by atoms with van der Waals surface area (Å²) in [6.45, 7) is 10.1. The van der Waals surface area contributed by atoms with Crippen LogP contribution in [0.3, 0.4) is 0 Å². The lowest BCUT2D eigenvalue weighted by Gasteiger charge is -2.33. The molecule has 7 heteroatoms. The first-order valence-corrected chi connectivity index (χ1v) is 9.99. The van der Waals surface area contributed by atoms with E-state index in [2.05, 4.69) is 0 Å². The zero-order valence-electron chi connectivity index (χ0n) is 17.1. The lowest BCUT2D eigenvalue weighted by atomic mass is 10.0. The molecule has 1 atom stereocenters. The summed E-state index contributed by atoms with van der Waals surface area (Å²) in [4.78, 5) is 27.3. The minimum absolute atomic E-state index is 0.00800. The Labute approximate surface area is 164 Å². The lowest BCUT2D eigenvalue weighted by molar-refractivity contribution is 0.0188. The van der Waals surface area contributed by atoms with Gasteiger partial charge in [-0.1, -0.05) is 12.1 Å². The third-order valence-electron chi connectivity index (χ3n) is 5.48. The predicted molar refractivity (Wildman–Crippen MR) is 107 cm³/mol. The molecule has 2 aliphatic rings. The number of piperidine rings is 1. The van der Waals surface area contributed by atoms with Crippen molar-refractivity contribution in [3.8, 4) is 0 Å². The number of ether oxygens (including phenoxy) is 2. The van der Waals surface area contributed by atoms with Gasteiger partial charge in [-0.15, -0.1) is 0 Å². The lowest BCUT2D eigenvalue weighted by Crippen LogP contribution is -2.43. The van der Waals surface area contributed by atoms with E-state index in [0.717, 1.165) is 23.9 Å². The number of aromatic nitrogens is 2. The molecule has 0 saturated carbocycles. The number of carbonyl (C=O) groups is 1. The minimum atomic E-state index is -0.501. The molecule has 0 aliphatic carbocycles. The van der Waals surface area contributed by atoms with Gasteiger partial charge in [-0.2, -0.15) is 0 Å². The number of carbonyl (C=O) groups excluding carboxylic acids is 1. The molecule has 0 N–H and O–H groups in total. The van der Waals surface area contributed by atoms with Crippen LogP contribution in [-0.4, -0.2) is 51.0 Å². The van der Waals surface area contributed by atoms with Crippen molar-refractivity contribution in [1.82, 2.24) is 14.0 Å². The maximum absolute atomic E-state index is 13.3. The molecule has 0 bridgehead atoms. The zero-order chi connectivity index (χ0) is 20.1. The number of benzene rings is 1. The molecule has 152 valence electrons. The summed E-state index contributed by atoms with van der Waals surface area (Å²) in [6, 6.07) is 8.00. The van der Waals surface area contributed by atoms with Crippen molar-refractivity contribution in [3.63, 3.8) is 0 Å². The van der Waals surface area contributed by atoms with E-state index in [4.69, 9.17) is 9.47 Å². The van der Waals surface area contributed by atoms with E-state index < -0.39 is 5.60 Å². The van der Waals surface area contributed by atoms with Gasteiger partial charge < -0.3 is 14.4 Å². The van der Waals surface area contributed by atoms with Crippen LogP contribution in [-0.2, 0) is 16.0 Å². The number of hydrogen-bond donors (Lipinski definition) is 0. The van der Waals surface area contributed by atoms with Gasteiger partial charge in [0.25, 0.3) is 0 Å². The van der Waals surface area contributed by atoms with Crippen molar-refractivity contribution in [3.05, 3.63) is 34.7 Å². The normalized spacial score (nSPS) is 23.2. The van der Waals surface area contributed by atoms with Gasteiger partial charge in [0.1, 0.15) is 11.2 Å². The first-order valence-electron chi connectivity index (χ1n) is 9.99. The van der Waals surface area contributed by atoms with Crippen LogP contribution in [0.1, 0.15) is 46.6 Å². The van der Waals surface area contributed by atoms with Gasteiger partial charge in [-0.3, -0.25) is 9.13 Å². The Morgan fingerprint density at radius 3 is 2.39 bits per heavy atom. The fraction of sp³-hybridized carbons (Fsp3) is 0.619. The van der Waals surface area contributed by atoms with Crippen molar-refractivity contribution >= 4 is 17.1 Å². The molecule has 7 nitrogen and oxygen atoms in total. The molecule has 2 saturated heterocycles. The Hall–Kier alpha value is -2.28. The van der Waals surface area contributed by atoms with Crippen molar-refractivity contribution in [2.45, 2.75) is 64.3 Å². The predicted octanol–water partition coefficient (Wildman–Crippen LogP) is 3.16. The summed E-state index contributed by atoms with van der Waals surface area (Å²) >= 11 is 0. The largest absolute Gasteiger partial charge is 0.444 e. The van der Waals surface area contributed by atoms with Gasteiger partial charge >= 0.3 is 11.8 Å². The zero-order valence-corrected chi connectivity index (χ0v) is 17.1. The van der Waals surface area contributed by atoms with Crippen LogP contribution in [0.4, 0.5) is 4.79 Å². The number of rotatable bonds is 3. The highest BCUT2D eigenvalue weighted by molar-refractivity contribution is 5.76. The van der Waals surface area contributed by atoms with Crippen LogP contribution >= 0.6 is 0 Å². The van der Waals surface area contributed by atoms with E-state index in [9.17, 15) is 9.59 Å². The summed E-state index contributed by atoms with van der Waals surface area (Å²) < 4.78 is 14.7. The van der Waals surface area contributed by atoms with Crippen molar-refractivity contribution in [1.29, 1.82) is 0 Å². The molecule has 3 heterocycles. The number of epoxide rings is 1. The maximum atomic E-state index is 13.3. The number of amides is 1. The summed E-state index contributed by atoms with van der Waals surface area (Å²) in [5, 5.41) is 0. The molecule has 1 aromatic carbocycles. The van der Waals surface area contributed by atoms with Crippen LogP contribution < -0.4 is 5.69 Å². The number of likely N-dealkylation sites (tertiary alicyclic amines) is 1. The summed E-state index contributed by atoms with van der Waals surface area (Å²) in [5.74, 6) is 0. The smallest absolute Gasteiger partial charge is 0.410 e. The summed E-state index contributed by atoms with van der Waals surface area (Å²) in [6.07, 6.45) is 1.20. The van der Waals surface area contributed by atoms with Crippen molar-refractivity contribution in [2.75, 3.05) is 19.7 Å². The van der Waals surface area contributed by atoms with Gasteiger partial charge in [0.15, 0.2) is 0 Å². The Balaban J connectivity index is 1.56. The summed E-state index contributed by atoms with van der Waals surface area (Å²) in [7, 11) is 0. The number of imidazole rings is 1. The van der Waals surface area contributed by atoms with Gasteiger partial charge in [-0.25, -0.2) is 9.59 Å². The van der Waals surface area contributed by atoms with Crippen LogP contribution in [0.25, 0.3) is 11.0 Å². The number of nitrogens with zero attached hydrogens (tertiary/aromatic N) is 3. The third-order valence-corrected chi connectivity index (χ3v) is 5.48. The Bertz CT molecular complexity index is 941.